The van der Waals surface area contributed by atoms with Crippen LogP contribution in [0.25, 0.3) is 33.8 Å². The molecular formula is C31H27N13S. The zero-order valence-corrected chi connectivity index (χ0v) is 25.4. The lowest BCUT2D eigenvalue weighted by molar-refractivity contribution is 0.685. The van der Waals surface area contributed by atoms with E-state index in [1.807, 2.05) is 89.3 Å². The standard InChI is InChI=1S/C31H27N13S/c1-19-8-27(45-18-19)40-29-31-36-14-26(44(31)7-5-33-29)23-12-38-42(17-23)16-21-10-34-20(2)9-24(21)39-28-30-35-13-25(43(30)6-4-32-28)22-11-37-41(3)15-22/h4-15,17-18H,16H2,1-3H3,(H,33,40)(H,32,34,39). The number of thiophene rings is 1. The lowest BCUT2D eigenvalue weighted by atomic mass is 10.2. The van der Waals surface area contributed by atoms with Gasteiger partial charge in [0.2, 0.25) is 0 Å². The molecule has 8 aromatic heterocycles. The Morgan fingerprint density at radius 1 is 0.733 bits per heavy atom. The van der Waals surface area contributed by atoms with E-state index in [0.29, 0.717) is 23.8 Å². The third-order valence-electron chi connectivity index (χ3n) is 7.47. The van der Waals surface area contributed by atoms with Gasteiger partial charge >= 0.3 is 0 Å². The van der Waals surface area contributed by atoms with Crippen molar-refractivity contribution in [2.24, 2.45) is 7.05 Å². The molecular weight excluding hydrogens is 586 g/mol. The van der Waals surface area contributed by atoms with Crippen molar-refractivity contribution >= 4 is 45.0 Å². The van der Waals surface area contributed by atoms with Crippen LogP contribution in [0.1, 0.15) is 16.8 Å². The molecule has 0 aromatic carbocycles. The summed E-state index contributed by atoms with van der Waals surface area (Å²) in [5.41, 5.74) is 9.15. The first-order valence-electron chi connectivity index (χ1n) is 14.2. The van der Waals surface area contributed by atoms with Gasteiger partial charge in [0.05, 0.1) is 47.7 Å². The summed E-state index contributed by atoms with van der Waals surface area (Å²) in [4.78, 5) is 23.1. The van der Waals surface area contributed by atoms with Gasteiger partial charge in [-0.15, -0.1) is 11.3 Å². The number of nitrogens with zero attached hydrogens (tertiary/aromatic N) is 11. The van der Waals surface area contributed by atoms with Crippen molar-refractivity contribution in [1.29, 1.82) is 0 Å². The first-order chi connectivity index (χ1) is 22.0. The molecule has 0 fully saturated rings. The minimum absolute atomic E-state index is 0.497. The minimum Gasteiger partial charge on any atom is -0.337 e. The van der Waals surface area contributed by atoms with Crippen molar-refractivity contribution in [3.8, 4) is 22.5 Å². The SMILES string of the molecule is Cc1csc(Nc2nccn3c(-c4cnn(Cc5cnc(C)cc5Nc5nccn6c(-c7cnn(C)c7)cnc56)c4)cnc23)c1. The molecule has 0 aliphatic heterocycles. The maximum Gasteiger partial charge on any atom is 0.180 e. The molecule has 222 valence electrons. The molecule has 0 spiro atoms. The number of imidazole rings is 2. The van der Waals surface area contributed by atoms with Gasteiger partial charge < -0.3 is 10.6 Å². The number of aromatic nitrogens is 11. The van der Waals surface area contributed by atoms with Crippen molar-refractivity contribution in [2.45, 2.75) is 20.4 Å². The predicted octanol–water partition coefficient (Wildman–Crippen LogP) is 5.64. The molecule has 45 heavy (non-hydrogen) atoms. The van der Waals surface area contributed by atoms with Crippen LogP contribution in [-0.4, -0.2) is 53.3 Å². The maximum absolute atomic E-state index is 4.68. The molecule has 0 unspecified atom stereocenters. The molecule has 0 amide bonds. The summed E-state index contributed by atoms with van der Waals surface area (Å²) >= 11 is 1.64. The lowest BCUT2D eigenvalue weighted by Gasteiger charge is -2.13. The van der Waals surface area contributed by atoms with Gasteiger partial charge in [-0.05, 0) is 36.9 Å². The van der Waals surface area contributed by atoms with Crippen LogP contribution in [0.3, 0.4) is 0 Å². The highest BCUT2D eigenvalue weighted by atomic mass is 32.1. The van der Waals surface area contributed by atoms with E-state index in [1.165, 1.54) is 5.56 Å². The fourth-order valence-electron chi connectivity index (χ4n) is 5.32. The summed E-state index contributed by atoms with van der Waals surface area (Å²) in [7, 11) is 1.90. The molecule has 0 radical (unpaired) electrons. The molecule has 0 saturated heterocycles. The van der Waals surface area contributed by atoms with E-state index >= 15 is 0 Å². The van der Waals surface area contributed by atoms with Crippen molar-refractivity contribution in [3.05, 3.63) is 102 Å². The summed E-state index contributed by atoms with van der Waals surface area (Å²) in [5, 5.41) is 19.0. The highest BCUT2D eigenvalue weighted by molar-refractivity contribution is 7.14. The number of fused-ring (bicyclic) bond motifs is 2. The predicted molar refractivity (Wildman–Crippen MR) is 173 cm³/mol. The van der Waals surface area contributed by atoms with Gasteiger partial charge in [0.15, 0.2) is 22.9 Å². The van der Waals surface area contributed by atoms with E-state index in [-0.39, 0.29) is 0 Å². The maximum atomic E-state index is 4.68. The van der Waals surface area contributed by atoms with Gasteiger partial charge in [-0.2, -0.15) is 10.2 Å². The molecule has 2 N–H and O–H groups in total. The van der Waals surface area contributed by atoms with Crippen molar-refractivity contribution in [3.63, 3.8) is 0 Å². The van der Waals surface area contributed by atoms with Crippen LogP contribution in [0.2, 0.25) is 0 Å². The van der Waals surface area contributed by atoms with Gasteiger partial charge in [-0.3, -0.25) is 23.1 Å². The number of hydrogen-bond donors (Lipinski definition) is 2. The average molecular weight is 614 g/mol. The number of hydrogen-bond acceptors (Lipinski definition) is 10. The molecule has 0 saturated carbocycles. The zero-order valence-electron chi connectivity index (χ0n) is 24.6. The topological polar surface area (TPSA) is 133 Å². The van der Waals surface area contributed by atoms with Crippen LogP contribution in [0.4, 0.5) is 22.3 Å². The number of anilines is 4. The van der Waals surface area contributed by atoms with Crippen molar-refractivity contribution in [2.75, 3.05) is 10.6 Å². The van der Waals surface area contributed by atoms with Gasteiger partial charge in [0, 0.05) is 78.5 Å². The molecule has 13 nitrogen and oxygen atoms in total. The zero-order chi connectivity index (χ0) is 30.5. The van der Waals surface area contributed by atoms with Crippen LogP contribution in [-0.2, 0) is 13.6 Å². The van der Waals surface area contributed by atoms with E-state index in [4.69, 9.17) is 0 Å². The number of aryl methyl sites for hydroxylation is 3. The molecule has 14 heteroatoms. The Bertz CT molecular complexity index is 2320. The first kappa shape index (κ1) is 26.7. The lowest BCUT2D eigenvalue weighted by Crippen LogP contribution is -2.06. The largest absolute Gasteiger partial charge is 0.337 e. The third-order valence-corrected chi connectivity index (χ3v) is 8.43. The fraction of sp³-hybridized carbons (Fsp3) is 0.129. The smallest absolute Gasteiger partial charge is 0.180 e. The van der Waals surface area contributed by atoms with Crippen molar-refractivity contribution in [1.82, 2.24) is 53.3 Å². The Morgan fingerprint density at radius 3 is 2.09 bits per heavy atom. The van der Waals surface area contributed by atoms with Crippen LogP contribution in [0.5, 0.6) is 0 Å². The monoisotopic (exact) mass is 613 g/mol. The Hall–Kier alpha value is -5.89. The van der Waals surface area contributed by atoms with Gasteiger partial charge in [0.1, 0.15) is 0 Å². The molecule has 0 aliphatic rings. The highest BCUT2D eigenvalue weighted by Crippen LogP contribution is 2.29. The normalized spacial score (nSPS) is 11.5. The first-order valence-corrected chi connectivity index (χ1v) is 15.1. The third kappa shape index (κ3) is 4.96. The van der Waals surface area contributed by atoms with Crippen LogP contribution in [0, 0.1) is 13.8 Å². The molecule has 8 rings (SSSR count). The van der Waals surface area contributed by atoms with Crippen LogP contribution >= 0.6 is 11.3 Å². The number of nitrogens with one attached hydrogen (secondary N) is 2. The van der Waals surface area contributed by atoms with Crippen LogP contribution < -0.4 is 10.6 Å². The van der Waals surface area contributed by atoms with Gasteiger partial charge in [0.25, 0.3) is 0 Å². The van der Waals surface area contributed by atoms with Gasteiger partial charge in [-0.25, -0.2) is 19.9 Å². The minimum atomic E-state index is 0.497. The number of pyridine rings is 1. The van der Waals surface area contributed by atoms with Crippen LogP contribution in [0.15, 0.2) is 85.7 Å². The summed E-state index contributed by atoms with van der Waals surface area (Å²) in [6.07, 6.45) is 20.5. The van der Waals surface area contributed by atoms with Gasteiger partial charge in [-0.1, -0.05) is 0 Å². The Balaban J connectivity index is 1.07. The quantitative estimate of drug-likeness (QED) is 0.223. The van der Waals surface area contributed by atoms with E-state index in [9.17, 15) is 0 Å². The number of rotatable bonds is 8. The van der Waals surface area contributed by atoms with E-state index in [2.05, 4.69) is 64.1 Å². The molecule has 8 heterocycles. The Morgan fingerprint density at radius 2 is 1.42 bits per heavy atom. The highest BCUT2D eigenvalue weighted by Gasteiger charge is 2.16. The van der Waals surface area contributed by atoms with E-state index in [1.54, 1.807) is 28.4 Å². The second-order valence-corrected chi connectivity index (χ2v) is 11.7. The summed E-state index contributed by atoms with van der Waals surface area (Å²) in [6, 6.07) is 4.11. The average Bonchev–Trinajstić information content (AvgIpc) is 3.86. The second kappa shape index (κ2) is 10.7. The molecule has 0 bridgehead atoms. The fourth-order valence-corrected chi connectivity index (χ4v) is 6.11. The second-order valence-electron chi connectivity index (χ2n) is 10.8. The summed E-state index contributed by atoms with van der Waals surface area (Å²) in [5.74, 6) is 1.34. The summed E-state index contributed by atoms with van der Waals surface area (Å²) < 4.78 is 7.70. The Labute approximate surface area is 260 Å². The Kier molecular flexibility index (Phi) is 6.34. The van der Waals surface area contributed by atoms with E-state index < -0.39 is 0 Å². The molecule has 0 atom stereocenters. The molecule has 8 aromatic rings. The van der Waals surface area contributed by atoms with E-state index in [0.717, 1.165) is 50.1 Å². The summed E-state index contributed by atoms with van der Waals surface area (Å²) in [6.45, 7) is 4.54. The van der Waals surface area contributed by atoms with Crippen molar-refractivity contribution < 1.29 is 0 Å². The molecule has 0 aliphatic carbocycles.